The van der Waals surface area contributed by atoms with Gasteiger partial charge in [0.2, 0.25) is 0 Å². The van der Waals surface area contributed by atoms with E-state index >= 15 is 0 Å². The van der Waals surface area contributed by atoms with E-state index < -0.39 is 0 Å². The summed E-state index contributed by atoms with van der Waals surface area (Å²) in [7, 11) is 0. The summed E-state index contributed by atoms with van der Waals surface area (Å²) >= 11 is 6.08. The van der Waals surface area contributed by atoms with Crippen molar-refractivity contribution in [3.8, 4) is 5.75 Å². The maximum atomic E-state index is 11.0. The first-order valence-corrected chi connectivity index (χ1v) is 9.04. The number of aldehydes is 1. The summed E-state index contributed by atoms with van der Waals surface area (Å²) in [4.78, 5) is 15.8. The number of rotatable bonds is 7. The molecule has 0 atom stereocenters. The number of benzene rings is 2. The van der Waals surface area contributed by atoms with Gasteiger partial charge < -0.3 is 9.64 Å². The first-order valence-electron chi connectivity index (χ1n) is 8.66. The highest BCUT2D eigenvalue weighted by Gasteiger charge is 2.17. The molecule has 0 aromatic heterocycles. The van der Waals surface area contributed by atoms with Gasteiger partial charge in [0.15, 0.2) is 6.29 Å². The third-order valence-electron chi connectivity index (χ3n) is 4.47. The molecule has 3 rings (SSSR count). The maximum absolute atomic E-state index is 11.0. The molecule has 1 heterocycles. The number of piperazine rings is 1. The van der Waals surface area contributed by atoms with Gasteiger partial charge in [-0.3, -0.25) is 9.69 Å². The summed E-state index contributed by atoms with van der Waals surface area (Å²) in [6, 6.07) is 15.4. The van der Waals surface area contributed by atoms with E-state index in [1.165, 1.54) is 5.69 Å². The number of hydrogen-bond acceptors (Lipinski definition) is 4. The second kappa shape index (κ2) is 8.88. The predicted octanol–water partition coefficient (Wildman–Crippen LogP) is 3.74. The van der Waals surface area contributed by atoms with Crippen LogP contribution in [0.2, 0.25) is 5.02 Å². The number of carbonyl (C=O) groups excluding carboxylic acids is 1. The fourth-order valence-corrected chi connectivity index (χ4v) is 3.27. The molecule has 1 saturated heterocycles. The third-order valence-corrected chi connectivity index (χ3v) is 4.70. The Kier molecular flexibility index (Phi) is 6.31. The highest BCUT2D eigenvalue weighted by Crippen LogP contribution is 2.21. The quantitative estimate of drug-likeness (QED) is 0.557. The summed E-state index contributed by atoms with van der Waals surface area (Å²) in [6.45, 7) is 5.73. The zero-order valence-electron chi connectivity index (χ0n) is 14.2. The number of halogens is 1. The van der Waals surface area contributed by atoms with Crippen LogP contribution in [-0.4, -0.2) is 50.5 Å². The van der Waals surface area contributed by atoms with Gasteiger partial charge in [-0.2, -0.15) is 0 Å². The molecule has 0 N–H and O–H groups in total. The Morgan fingerprint density at radius 2 is 1.84 bits per heavy atom. The Morgan fingerprint density at radius 1 is 1.04 bits per heavy atom. The van der Waals surface area contributed by atoms with Crippen molar-refractivity contribution in [3.05, 3.63) is 59.1 Å². The Morgan fingerprint density at radius 3 is 2.60 bits per heavy atom. The minimum atomic E-state index is 0.609. The van der Waals surface area contributed by atoms with E-state index in [0.29, 0.717) is 17.9 Å². The Hall–Kier alpha value is -2.04. The molecule has 0 spiro atoms. The highest BCUT2D eigenvalue weighted by atomic mass is 35.5. The van der Waals surface area contributed by atoms with Gasteiger partial charge in [0, 0.05) is 43.4 Å². The first-order chi connectivity index (χ1) is 12.3. The van der Waals surface area contributed by atoms with Gasteiger partial charge in [0.05, 0.1) is 12.2 Å². The molecule has 1 aliphatic heterocycles. The molecule has 0 amide bonds. The van der Waals surface area contributed by atoms with Crippen molar-refractivity contribution in [2.45, 2.75) is 6.42 Å². The van der Waals surface area contributed by atoms with E-state index in [2.05, 4.69) is 15.9 Å². The van der Waals surface area contributed by atoms with Crippen LogP contribution in [-0.2, 0) is 0 Å². The molecule has 2 aromatic carbocycles. The summed E-state index contributed by atoms with van der Waals surface area (Å²) in [5.41, 5.74) is 1.80. The largest absolute Gasteiger partial charge is 0.493 e. The fraction of sp³-hybridized carbons (Fsp3) is 0.350. The molecule has 0 radical (unpaired) electrons. The van der Waals surface area contributed by atoms with Crippen molar-refractivity contribution < 1.29 is 9.53 Å². The predicted molar refractivity (Wildman–Crippen MR) is 102 cm³/mol. The molecule has 2 aromatic rings. The number of anilines is 1. The van der Waals surface area contributed by atoms with Crippen LogP contribution in [0.1, 0.15) is 16.8 Å². The molecule has 0 bridgehead atoms. The third kappa shape index (κ3) is 4.97. The highest BCUT2D eigenvalue weighted by molar-refractivity contribution is 6.30. The molecular formula is C20H23ClN2O2. The molecule has 1 fully saturated rings. The van der Waals surface area contributed by atoms with E-state index in [-0.39, 0.29) is 0 Å². The van der Waals surface area contributed by atoms with Crippen molar-refractivity contribution in [2.24, 2.45) is 0 Å². The molecule has 25 heavy (non-hydrogen) atoms. The van der Waals surface area contributed by atoms with Crippen LogP contribution >= 0.6 is 11.6 Å². The lowest BCUT2D eigenvalue weighted by atomic mass is 10.2. The van der Waals surface area contributed by atoms with Crippen molar-refractivity contribution in [3.63, 3.8) is 0 Å². The van der Waals surface area contributed by atoms with Crippen LogP contribution in [0.5, 0.6) is 5.75 Å². The molecule has 0 unspecified atom stereocenters. The van der Waals surface area contributed by atoms with Crippen LogP contribution in [0.15, 0.2) is 48.5 Å². The van der Waals surface area contributed by atoms with Gasteiger partial charge in [0.25, 0.3) is 0 Å². The van der Waals surface area contributed by atoms with Gasteiger partial charge in [-0.1, -0.05) is 29.8 Å². The van der Waals surface area contributed by atoms with E-state index in [9.17, 15) is 4.79 Å². The van der Waals surface area contributed by atoms with Crippen LogP contribution in [0.25, 0.3) is 0 Å². The van der Waals surface area contributed by atoms with Crippen LogP contribution < -0.4 is 9.64 Å². The zero-order valence-corrected chi connectivity index (χ0v) is 15.0. The van der Waals surface area contributed by atoms with Crippen molar-refractivity contribution >= 4 is 23.6 Å². The summed E-state index contributed by atoms with van der Waals surface area (Å²) in [6.07, 6.45) is 1.79. The first kappa shape index (κ1) is 17.8. The summed E-state index contributed by atoms with van der Waals surface area (Å²) in [5.74, 6) is 0.670. The average molecular weight is 359 g/mol. The summed E-state index contributed by atoms with van der Waals surface area (Å²) < 4.78 is 5.74. The normalized spacial score (nSPS) is 15.2. The number of carbonyl (C=O) groups is 1. The van der Waals surface area contributed by atoms with Crippen molar-refractivity contribution in [1.82, 2.24) is 4.90 Å². The van der Waals surface area contributed by atoms with Gasteiger partial charge in [-0.15, -0.1) is 0 Å². The summed E-state index contributed by atoms with van der Waals surface area (Å²) in [5, 5.41) is 0.785. The molecule has 132 valence electrons. The standard InChI is InChI=1S/C20H23ClN2O2/c21-18-6-3-7-19(15-18)23-12-10-22(11-13-23)9-4-14-25-20-8-2-1-5-17(20)16-24/h1-3,5-8,15-16H,4,9-14H2. The average Bonchev–Trinajstić information content (AvgIpc) is 2.66. The minimum Gasteiger partial charge on any atom is -0.493 e. The van der Waals surface area contributed by atoms with Crippen LogP contribution in [0.3, 0.4) is 0 Å². The Labute approximate surface area is 154 Å². The fourth-order valence-electron chi connectivity index (χ4n) is 3.08. The van der Waals surface area contributed by atoms with Gasteiger partial charge >= 0.3 is 0 Å². The molecule has 5 heteroatoms. The molecule has 0 saturated carbocycles. The Bertz CT molecular complexity index is 700. The number of para-hydroxylation sites is 1. The van der Waals surface area contributed by atoms with Gasteiger partial charge in [0.1, 0.15) is 5.75 Å². The van der Waals surface area contributed by atoms with E-state index in [0.717, 1.165) is 50.5 Å². The maximum Gasteiger partial charge on any atom is 0.153 e. The van der Waals surface area contributed by atoms with E-state index in [1.54, 1.807) is 6.07 Å². The molecule has 1 aliphatic rings. The lowest BCUT2D eigenvalue weighted by molar-refractivity contribution is 0.111. The zero-order chi connectivity index (χ0) is 17.5. The number of ether oxygens (including phenoxy) is 1. The minimum absolute atomic E-state index is 0.609. The lowest BCUT2D eigenvalue weighted by Gasteiger charge is -2.36. The van der Waals surface area contributed by atoms with Crippen LogP contribution in [0, 0.1) is 0 Å². The monoisotopic (exact) mass is 358 g/mol. The topological polar surface area (TPSA) is 32.8 Å². The number of nitrogens with zero attached hydrogens (tertiary/aromatic N) is 2. The molecular weight excluding hydrogens is 336 g/mol. The number of hydrogen-bond donors (Lipinski definition) is 0. The van der Waals surface area contributed by atoms with Crippen molar-refractivity contribution in [2.75, 3.05) is 44.2 Å². The van der Waals surface area contributed by atoms with Crippen LogP contribution in [0.4, 0.5) is 5.69 Å². The van der Waals surface area contributed by atoms with Crippen molar-refractivity contribution in [1.29, 1.82) is 0 Å². The lowest BCUT2D eigenvalue weighted by Crippen LogP contribution is -2.46. The van der Waals surface area contributed by atoms with Gasteiger partial charge in [-0.05, 0) is 36.8 Å². The molecule has 4 nitrogen and oxygen atoms in total. The SMILES string of the molecule is O=Cc1ccccc1OCCCN1CCN(c2cccc(Cl)c2)CC1. The second-order valence-electron chi connectivity index (χ2n) is 6.17. The Balaban J connectivity index is 1.39. The van der Waals surface area contributed by atoms with Gasteiger partial charge in [-0.25, -0.2) is 0 Å². The smallest absolute Gasteiger partial charge is 0.153 e. The second-order valence-corrected chi connectivity index (χ2v) is 6.60. The molecule has 0 aliphatic carbocycles. The van der Waals surface area contributed by atoms with E-state index in [1.807, 2.05) is 36.4 Å². The van der Waals surface area contributed by atoms with E-state index in [4.69, 9.17) is 16.3 Å².